The maximum absolute atomic E-state index is 13.3. The lowest BCUT2D eigenvalue weighted by atomic mass is 9.97. The van der Waals surface area contributed by atoms with E-state index in [9.17, 15) is 4.79 Å². The first kappa shape index (κ1) is 24.1. The first-order valence-corrected chi connectivity index (χ1v) is 13.8. The molecule has 37 heavy (non-hydrogen) atoms. The van der Waals surface area contributed by atoms with Crippen LogP contribution in [0.3, 0.4) is 0 Å². The molecule has 1 amide bonds. The highest BCUT2D eigenvalue weighted by Crippen LogP contribution is 2.34. The van der Waals surface area contributed by atoms with Gasteiger partial charge in [0.25, 0.3) is 5.91 Å². The Morgan fingerprint density at radius 2 is 1.49 bits per heavy atom. The van der Waals surface area contributed by atoms with Crippen LogP contribution in [-0.4, -0.2) is 47.6 Å². The Balaban J connectivity index is 1.16. The van der Waals surface area contributed by atoms with Gasteiger partial charge in [-0.1, -0.05) is 42.5 Å². The van der Waals surface area contributed by atoms with Gasteiger partial charge in [0.1, 0.15) is 0 Å². The number of hydrogen-bond donors (Lipinski definition) is 1. The molecule has 2 fully saturated rings. The summed E-state index contributed by atoms with van der Waals surface area (Å²) in [6.07, 6.45) is 5.97. The minimum Gasteiger partial charge on any atom is -0.322 e. The van der Waals surface area contributed by atoms with Crippen LogP contribution in [0.5, 0.6) is 0 Å². The summed E-state index contributed by atoms with van der Waals surface area (Å²) < 4.78 is 0. The smallest absolute Gasteiger partial charge is 0.257 e. The number of anilines is 1. The third-order valence-electron chi connectivity index (χ3n) is 7.99. The van der Waals surface area contributed by atoms with Gasteiger partial charge in [0.2, 0.25) is 0 Å². The predicted octanol–water partition coefficient (Wildman–Crippen LogP) is 6.12. The molecule has 6 rings (SSSR count). The van der Waals surface area contributed by atoms with Crippen molar-refractivity contribution in [2.45, 2.75) is 52.1 Å². The Morgan fingerprint density at radius 1 is 0.838 bits per heavy atom. The van der Waals surface area contributed by atoms with Gasteiger partial charge in [0.05, 0.1) is 17.0 Å². The van der Waals surface area contributed by atoms with Gasteiger partial charge in [0, 0.05) is 25.2 Å². The zero-order chi connectivity index (χ0) is 25.2. The van der Waals surface area contributed by atoms with Crippen molar-refractivity contribution in [1.82, 2.24) is 9.80 Å². The van der Waals surface area contributed by atoms with E-state index in [2.05, 4.69) is 58.4 Å². The van der Waals surface area contributed by atoms with E-state index >= 15 is 0 Å². The van der Waals surface area contributed by atoms with Crippen LogP contribution in [0.2, 0.25) is 0 Å². The van der Waals surface area contributed by atoms with Gasteiger partial charge in [-0.25, -0.2) is 0 Å². The lowest BCUT2D eigenvalue weighted by Crippen LogP contribution is -2.18. The summed E-state index contributed by atoms with van der Waals surface area (Å²) in [6, 6.07) is 21.0. The lowest BCUT2D eigenvalue weighted by molar-refractivity contribution is 0.102. The predicted molar refractivity (Wildman–Crippen MR) is 151 cm³/mol. The number of rotatable bonds is 7. The van der Waals surface area contributed by atoms with Crippen LogP contribution in [0.15, 0.2) is 65.7 Å². The minimum absolute atomic E-state index is 0.105. The number of amides is 1. The molecular weight excluding hydrogens is 456 g/mol. The van der Waals surface area contributed by atoms with Crippen molar-refractivity contribution < 1.29 is 4.79 Å². The third-order valence-corrected chi connectivity index (χ3v) is 7.99. The maximum atomic E-state index is 13.3. The number of likely N-dealkylation sites (tertiary alicyclic amines) is 2. The van der Waals surface area contributed by atoms with Crippen molar-refractivity contribution in [3.63, 3.8) is 0 Å². The van der Waals surface area contributed by atoms with E-state index in [1.54, 1.807) is 0 Å². The van der Waals surface area contributed by atoms with Crippen LogP contribution in [-0.2, 0) is 19.5 Å². The molecule has 5 nitrogen and oxygen atoms in total. The quantitative estimate of drug-likeness (QED) is 0.433. The molecule has 0 atom stereocenters. The molecule has 3 aromatic rings. The van der Waals surface area contributed by atoms with Gasteiger partial charge in [-0.05, 0) is 105 Å². The van der Waals surface area contributed by atoms with Crippen molar-refractivity contribution in [3.8, 4) is 0 Å². The third kappa shape index (κ3) is 5.39. The second-order valence-electron chi connectivity index (χ2n) is 10.8. The number of fused-ring (bicyclic) bond motifs is 1. The van der Waals surface area contributed by atoms with E-state index in [-0.39, 0.29) is 5.91 Å². The van der Waals surface area contributed by atoms with Crippen LogP contribution < -0.4 is 5.32 Å². The zero-order valence-corrected chi connectivity index (χ0v) is 21.8. The molecule has 2 saturated heterocycles. The Hall–Kier alpha value is -3.28. The molecule has 0 unspecified atom stereocenters. The van der Waals surface area contributed by atoms with E-state index in [4.69, 9.17) is 4.99 Å². The Kier molecular flexibility index (Phi) is 6.90. The first-order valence-electron chi connectivity index (χ1n) is 13.8. The average Bonchev–Trinajstić information content (AvgIpc) is 3.67. The average molecular weight is 493 g/mol. The van der Waals surface area contributed by atoms with E-state index in [0.29, 0.717) is 5.56 Å². The highest BCUT2D eigenvalue weighted by atomic mass is 16.1. The molecule has 3 heterocycles. The molecule has 190 valence electrons. The van der Waals surface area contributed by atoms with Crippen LogP contribution >= 0.6 is 0 Å². The fraction of sp³-hybridized carbons (Fsp3) is 0.375. The number of hydrogen-bond acceptors (Lipinski definition) is 4. The molecule has 0 radical (unpaired) electrons. The fourth-order valence-electron chi connectivity index (χ4n) is 6.00. The van der Waals surface area contributed by atoms with Gasteiger partial charge in [-0.2, -0.15) is 0 Å². The summed E-state index contributed by atoms with van der Waals surface area (Å²) >= 11 is 0. The molecule has 3 aliphatic heterocycles. The number of benzene rings is 3. The SMILES string of the molecule is Cc1cc(CN2CCCC2)ccc1C1=Nc2c(cccc2C(=O)Nc2ccc(CN3CCCC3)cc2)C1. The maximum Gasteiger partial charge on any atom is 0.257 e. The molecular formula is C32H36N4O. The first-order chi connectivity index (χ1) is 18.1. The van der Waals surface area contributed by atoms with Gasteiger partial charge in [0.15, 0.2) is 0 Å². The van der Waals surface area contributed by atoms with Crippen LogP contribution in [0.4, 0.5) is 11.4 Å². The van der Waals surface area contributed by atoms with Crippen molar-refractivity contribution >= 4 is 23.0 Å². The summed E-state index contributed by atoms with van der Waals surface area (Å²) in [5.41, 5.74) is 9.51. The molecule has 0 aliphatic carbocycles. The molecule has 1 N–H and O–H groups in total. The largest absolute Gasteiger partial charge is 0.322 e. The van der Waals surface area contributed by atoms with Crippen molar-refractivity contribution in [2.24, 2.45) is 4.99 Å². The van der Waals surface area contributed by atoms with Gasteiger partial charge >= 0.3 is 0 Å². The summed E-state index contributed by atoms with van der Waals surface area (Å²) in [7, 11) is 0. The highest BCUT2D eigenvalue weighted by molar-refractivity contribution is 6.13. The van der Waals surface area contributed by atoms with E-state index in [0.717, 1.165) is 42.2 Å². The molecule has 3 aliphatic rings. The van der Waals surface area contributed by atoms with Gasteiger partial charge in [-0.15, -0.1) is 0 Å². The zero-order valence-electron chi connectivity index (χ0n) is 21.8. The molecule has 5 heteroatoms. The second kappa shape index (κ2) is 10.6. The summed E-state index contributed by atoms with van der Waals surface area (Å²) in [6.45, 7) is 8.96. The van der Waals surface area contributed by atoms with Crippen molar-refractivity contribution in [3.05, 3.63) is 94.0 Å². The number of nitrogens with zero attached hydrogens (tertiary/aromatic N) is 3. The normalized spacial score (nSPS) is 17.7. The Morgan fingerprint density at radius 3 is 2.16 bits per heavy atom. The highest BCUT2D eigenvalue weighted by Gasteiger charge is 2.23. The number of carbonyl (C=O) groups excluding carboxylic acids is 1. The number of aliphatic imine (C=N–C) groups is 1. The molecule has 3 aromatic carbocycles. The summed E-state index contributed by atoms with van der Waals surface area (Å²) in [4.78, 5) is 23.3. The monoisotopic (exact) mass is 492 g/mol. The van der Waals surface area contributed by atoms with E-state index in [1.165, 1.54) is 74.1 Å². The number of aryl methyl sites for hydroxylation is 1. The van der Waals surface area contributed by atoms with Crippen LogP contribution in [0.25, 0.3) is 0 Å². The van der Waals surface area contributed by atoms with E-state index in [1.807, 2.05) is 24.3 Å². The van der Waals surface area contributed by atoms with Gasteiger partial charge in [-0.3, -0.25) is 19.6 Å². The van der Waals surface area contributed by atoms with Crippen molar-refractivity contribution in [2.75, 3.05) is 31.5 Å². The minimum atomic E-state index is -0.105. The van der Waals surface area contributed by atoms with Crippen LogP contribution in [0, 0.1) is 6.92 Å². The number of carbonyl (C=O) groups is 1. The lowest BCUT2D eigenvalue weighted by Gasteiger charge is -2.16. The Labute approximate surface area is 220 Å². The summed E-state index contributed by atoms with van der Waals surface area (Å²) in [5, 5.41) is 3.09. The molecule has 0 bridgehead atoms. The van der Waals surface area contributed by atoms with Crippen molar-refractivity contribution in [1.29, 1.82) is 0 Å². The standard InChI is InChI=1S/C32H36N4O/c1-23-19-25(22-36-17-4-5-18-36)11-14-28(23)30-20-26-7-6-8-29(31(26)34-30)32(37)33-27-12-9-24(10-13-27)21-35-15-2-3-16-35/h6-14,19H,2-5,15-18,20-22H2,1H3,(H,33,37). The molecule has 0 spiro atoms. The second-order valence-corrected chi connectivity index (χ2v) is 10.8. The Bertz CT molecular complexity index is 1320. The number of para-hydroxylation sites is 1. The van der Waals surface area contributed by atoms with Gasteiger partial charge < -0.3 is 5.32 Å². The topological polar surface area (TPSA) is 47.9 Å². The molecule has 0 aromatic heterocycles. The summed E-state index contributed by atoms with van der Waals surface area (Å²) in [5.74, 6) is -0.105. The number of nitrogens with one attached hydrogen (secondary N) is 1. The molecule has 0 saturated carbocycles. The van der Waals surface area contributed by atoms with E-state index < -0.39 is 0 Å². The van der Waals surface area contributed by atoms with Crippen LogP contribution in [0.1, 0.15) is 63.9 Å². The fourth-order valence-corrected chi connectivity index (χ4v) is 6.00.